The lowest BCUT2D eigenvalue weighted by molar-refractivity contribution is -0.438. The topological polar surface area (TPSA) is 23.3 Å². The highest BCUT2D eigenvalue weighted by Crippen LogP contribution is 2.46. The summed E-state index contributed by atoms with van der Waals surface area (Å²) in [5.74, 6) is 0. The number of carbonyl (C=O) groups is 1. The molecule has 0 atom stereocenters. The molecule has 2 heterocycles. The second kappa shape index (κ2) is 15.2. The highest BCUT2D eigenvalue weighted by molar-refractivity contribution is 6.07. The maximum absolute atomic E-state index is 10.8. The van der Waals surface area contributed by atoms with Crippen LogP contribution in [0.2, 0.25) is 0 Å². The summed E-state index contributed by atoms with van der Waals surface area (Å²) in [6.07, 6.45) is 26.3. The third kappa shape index (κ3) is 6.74. The predicted molar refractivity (Wildman–Crippen MR) is 208 cm³/mol. The van der Waals surface area contributed by atoms with Crippen LogP contribution >= 0.6 is 0 Å². The van der Waals surface area contributed by atoms with Gasteiger partial charge in [0.05, 0.1) is 5.41 Å². The number of benzene rings is 3. The fourth-order valence-electron chi connectivity index (χ4n) is 7.73. The summed E-state index contributed by atoms with van der Waals surface area (Å²) < 4.78 is 2.54. The van der Waals surface area contributed by atoms with E-state index in [-0.39, 0.29) is 10.8 Å². The van der Waals surface area contributed by atoms with Gasteiger partial charge in [0, 0.05) is 53.9 Å². The fraction of sp³-hybridized carbons (Fsp3) is 0.333. The summed E-state index contributed by atoms with van der Waals surface area (Å²) in [6, 6.07) is 17.7. The molecule has 0 saturated carbocycles. The number of nitrogens with zero attached hydrogens (tertiary/aromatic N) is 2. The third-order valence-electron chi connectivity index (χ3n) is 10.1. The molecule has 0 spiro atoms. The van der Waals surface area contributed by atoms with E-state index in [1.54, 1.807) is 0 Å². The second-order valence-corrected chi connectivity index (χ2v) is 14.1. The lowest BCUT2D eigenvalue weighted by Gasteiger charge is -2.27. The normalized spacial score (nSPS) is 17.9. The van der Waals surface area contributed by atoms with Gasteiger partial charge in [-0.3, -0.25) is 0 Å². The Morgan fingerprint density at radius 3 is 2.35 bits per heavy atom. The van der Waals surface area contributed by atoms with Crippen molar-refractivity contribution in [3.8, 4) is 0 Å². The van der Waals surface area contributed by atoms with Gasteiger partial charge in [0.2, 0.25) is 5.69 Å². The first-order chi connectivity index (χ1) is 23.2. The summed E-state index contributed by atoms with van der Waals surface area (Å²) in [5.41, 5.74) is 7.66. The molecule has 248 valence electrons. The zero-order valence-electron chi connectivity index (χ0n) is 29.8. The Kier molecular flexibility index (Phi) is 11.0. The van der Waals surface area contributed by atoms with E-state index in [0.717, 1.165) is 55.5 Å². The van der Waals surface area contributed by atoms with Crippen molar-refractivity contribution in [2.24, 2.45) is 0 Å². The Bertz CT molecular complexity index is 1950. The van der Waals surface area contributed by atoms with E-state index in [1.807, 2.05) is 6.08 Å². The van der Waals surface area contributed by atoms with E-state index in [4.69, 9.17) is 0 Å². The Morgan fingerprint density at radius 2 is 1.58 bits per heavy atom. The van der Waals surface area contributed by atoms with Gasteiger partial charge in [0.1, 0.15) is 12.8 Å². The summed E-state index contributed by atoms with van der Waals surface area (Å²) >= 11 is 0. The Hall–Kier alpha value is -4.50. The molecule has 0 unspecified atom stereocenters. The molecule has 48 heavy (non-hydrogen) atoms. The molecule has 2 aliphatic rings. The number of anilines is 1. The monoisotopic (exact) mass is 637 g/mol. The van der Waals surface area contributed by atoms with Crippen LogP contribution < -0.4 is 15.3 Å². The molecule has 3 heteroatoms. The molecule has 0 fully saturated rings. The van der Waals surface area contributed by atoms with Crippen molar-refractivity contribution in [2.75, 3.05) is 18.0 Å². The maximum Gasteiger partial charge on any atom is 0.210 e. The molecule has 2 aliphatic heterocycles. The van der Waals surface area contributed by atoms with Crippen LogP contribution in [0.4, 0.5) is 11.4 Å². The Balaban J connectivity index is 1.40. The van der Waals surface area contributed by atoms with Gasteiger partial charge in [-0.15, -0.1) is 0 Å². The minimum Gasteiger partial charge on any atom is -0.344 e. The van der Waals surface area contributed by atoms with E-state index in [9.17, 15) is 4.79 Å². The van der Waals surface area contributed by atoms with Gasteiger partial charge in [0.25, 0.3) is 0 Å². The molecular weight excluding hydrogens is 585 g/mol. The molecule has 3 nitrogen and oxygen atoms in total. The summed E-state index contributed by atoms with van der Waals surface area (Å²) in [7, 11) is 0. The van der Waals surface area contributed by atoms with E-state index in [1.165, 1.54) is 51.1 Å². The van der Waals surface area contributed by atoms with Gasteiger partial charge in [-0.05, 0) is 71.7 Å². The van der Waals surface area contributed by atoms with Gasteiger partial charge in [-0.25, -0.2) is 0 Å². The molecule has 0 saturated heterocycles. The van der Waals surface area contributed by atoms with Crippen LogP contribution in [0.5, 0.6) is 0 Å². The van der Waals surface area contributed by atoms with Crippen molar-refractivity contribution in [1.82, 2.24) is 0 Å². The lowest BCUT2D eigenvalue weighted by atomic mass is 9.79. The molecule has 0 radical (unpaired) electrons. The number of fused-ring (bicyclic) bond motifs is 4. The van der Waals surface area contributed by atoms with Crippen molar-refractivity contribution in [3.05, 3.63) is 131 Å². The van der Waals surface area contributed by atoms with E-state index >= 15 is 0 Å². The molecular formula is C45H53N2O+. The van der Waals surface area contributed by atoms with Crippen LogP contribution in [0.1, 0.15) is 84.3 Å². The molecule has 0 aliphatic carbocycles. The van der Waals surface area contributed by atoms with Crippen molar-refractivity contribution in [2.45, 2.75) is 84.0 Å². The maximum atomic E-state index is 10.8. The summed E-state index contributed by atoms with van der Waals surface area (Å²) in [5, 5.41) is 4.83. The second-order valence-electron chi connectivity index (χ2n) is 14.1. The fourth-order valence-corrected chi connectivity index (χ4v) is 7.73. The average Bonchev–Trinajstić information content (AvgIpc) is 3.42. The molecule has 0 bridgehead atoms. The van der Waals surface area contributed by atoms with Gasteiger partial charge in [-0.2, -0.15) is 4.58 Å². The number of aldehydes is 1. The van der Waals surface area contributed by atoms with Gasteiger partial charge >= 0.3 is 0 Å². The highest BCUT2D eigenvalue weighted by Gasteiger charge is 2.45. The first kappa shape index (κ1) is 34.8. The van der Waals surface area contributed by atoms with Crippen LogP contribution in [0, 0.1) is 0 Å². The molecule has 0 aromatic heterocycles. The van der Waals surface area contributed by atoms with Crippen molar-refractivity contribution in [1.29, 1.82) is 0 Å². The quantitative estimate of drug-likeness (QED) is 0.0761. The van der Waals surface area contributed by atoms with Gasteiger partial charge in [-0.1, -0.05) is 120 Å². The minimum absolute atomic E-state index is 0.0932. The van der Waals surface area contributed by atoms with Crippen LogP contribution in [-0.2, 0) is 15.6 Å². The standard InChI is InChI=1S/C45H53N2O/c1-8-10-31-46-39-30-28-35-23-18-19-24-37(35)43(39)45(6,7)41(46)26-17-13-11-12-16-25-40-44(4,5)42-36(22-9-2)34(3)27-29-38(42)47(40)32-20-14-15-21-33-48/h9,11-13,16-19,22-30,33H,2-3,8,10,14-15,20-21,31-32H2,1,4-7H3/q+1/b36-22+. The predicted octanol–water partition coefficient (Wildman–Crippen LogP) is 9.50. The number of hydrogen-bond donors (Lipinski definition) is 0. The summed E-state index contributed by atoms with van der Waals surface area (Å²) in [6.45, 7) is 21.9. The smallest absolute Gasteiger partial charge is 0.210 e. The number of carbonyl (C=O) groups excluding carboxylic acids is 1. The average molecular weight is 638 g/mol. The Morgan fingerprint density at radius 1 is 0.812 bits per heavy atom. The van der Waals surface area contributed by atoms with Crippen molar-refractivity contribution in [3.63, 3.8) is 0 Å². The summed E-state index contributed by atoms with van der Waals surface area (Å²) in [4.78, 5) is 13.3. The van der Waals surface area contributed by atoms with Crippen molar-refractivity contribution < 1.29 is 9.37 Å². The van der Waals surface area contributed by atoms with Crippen molar-refractivity contribution >= 4 is 46.8 Å². The van der Waals surface area contributed by atoms with Gasteiger partial charge < -0.3 is 9.69 Å². The molecule has 0 amide bonds. The van der Waals surface area contributed by atoms with E-state index in [2.05, 4.69) is 154 Å². The van der Waals surface area contributed by atoms with Gasteiger partial charge in [0.15, 0.2) is 5.71 Å². The zero-order chi connectivity index (χ0) is 34.3. The minimum atomic E-state index is -0.194. The highest BCUT2D eigenvalue weighted by atomic mass is 16.1. The first-order valence-electron chi connectivity index (χ1n) is 17.7. The van der Waals surface area contributed by atoms with Crippen LogP contribution in [0.3, 0.4) is 0 Å². The number of unbranched alkanes of at least 4 members (excludes halogenated alkanes) is 4. The third-order valence-corrected chi connectivity index (χ3v) is 10.1. The molecule has 0 N–H and O–H groups in total. The lowest BCUT2D eigenvalue weighted by Crippen LogP contribution is -2.33. The van der Waals surface area contributed by atoms with E-state index < -0.39 is 0 Å². The number of hydrogen-bond acceptors (Lipinski definition) is 2. The SMILES string of the molecule is C=C/C=c1/c2c(ccc1=C)N(CCCCCC=O)\C(=C/C=C/C=C/C=C/C1=[N+](CCCC)c3ccc4ccccc4c3C1(C)C)C2(C)C. The Labute approximate surface area is 288 Å². The molecule has 3 aromatic rings. The largest absolute Gasteiger partial charge is 0.344 e. The number of rotatable bonds is 14. The van der Waals surface area contributed by atoms with E-state index in [0.29, 0.717) is 6.42 Å². The zero-order valence-corrected chi connectivity index (χ0v) is 29.8. The van der Waals surface area contributed by atoms with Crippen LogP contribution in [0.15, 0.2) is 109 Å². The first-order valence-corrected chi connectivity index (χ1v) is 17.7. The van der Waals surface area contributed by atoms with Crippen LogP contribution in [0.25, 0.3) is 23.4 Å². The van der Waals surface area contributed by atoms with Crippen LogP contribution in [-0.4, -0.2) is 29.7 Å². The molecule has 3 aromatic carbocycles. The number of allylic oxidation sites excluding steroid dienone is 9. The molecule has 5 rings (SSSR count).